The lowest BCUT2D eigenvalue weighted by molar-refractivity contribution is 0.0336. The van der Waals surface area contributed by atoms with Crippen LogP contribution < -0.4 is 9.80 Å². The van der Waals surface area contributed by atoms with Crippen molar-refractivity contribution in [2.45, 2.75) is 32.4 Å². The van der Waals surface area contributed by atoms with Crippen molar-refractivity contribution in [3.63, 3.8) is 0 Å². The summed E-state index contributed by atoms with van der Waals surface area (Å²) in [4.78, 5) is 22.2. The first-order chi connectivity index (χ1) is 15.5. The molecule has 2 aromatic heterocycles. The normalized spacial score (nSPS) is 22.2. The van der Waals surface area contributed by atoms with Gasteiger partial charge in [0, 0.05) is 19.6 Å². The number of rotatable bonds is 4. The van der Waals surface area contributed by atoms with Crippen LogP contribution in [0.3, 0.4) is 0 Å². The summed E-state index contributed by atoms with van der Waals surface area (Å²) in [5.74, 6) is 0.626. The van der Waals surface area contributed by atoms with Crippen molar-refractivity contribution in [3.8, 4) is 5.95 Å². The Morgan fingerprint density at radius 1 is 0.969 bits per heavy atom. The number of ether oxygens (including phenoxy) is 2. The summed E-state index contributed by atoms with van der Waals surface area (Å²) in [6, 6.07) is 7.03. The lowest BCUT2D eigenvalue weighted by atomic mass is 10.2. The molecule has 0 aliphatic carbocycles. The van der Waals surface area contributed by atoms with Crippen molar-refractivity contribution in [3.05, 3.63) is 30.1 Å². The number of aromatic nitrogens is 5. The molecule has 11 heteroatoms. The van der Waals surface area contributed by atoms with Crippen LogP contribution in [0.1, 0.15) is 26.1 Å². The van der Waals surface area contributed by atoms with Gasteiger partial charge in [-0.05, 0) is 26.0 Å². The maximum absolute atomic E-state index is 14.0. The Hall–Kier alpha value is -2.92. The second kappa shape index (κ2) is 8.55. The van der Waals surface area contributed by atoms with E-state index in [1.165, 1.54) is 4.57 Å². The molecule has 2 fully saturated rings. The predicted molar refractivity (Wildman–Crippen MR) is 115 cm³/mol. The number of para-hydroxylation sites is 2. The third-order valence-corrected chi connectivity index (χ3v) is 5.74. The molecule has 2 aliphatic heterocycles. The van der Waals surface area contributed by atoms with E-state index in [1.807, 2.05) is 23.6 Å². The topological polar surface area (TPSA) is 81.4 Å². The Balaban J connectivity index is 1.68. The van der Waals surface area contributed by atoms with Gasteiger partial charge in [0.15, 0.2) is 5.82 Å². The van der Waals surface area contributed by atoms with Crippen LogP contribution in [0.4, 0.5) is 20.7 Å². The van der Waals surface area contributed by atoms with Crippen molar-refractivity contribution in [1.29, 1.82) is 0 Å². The van der Waals surface area contributed by atoms with E-state index in [9.17, 15) is 8.78 Å². The highest BCUT2D eigenvalue weighted by molar-refractivity contribution is 5.77. The first-order valence-electron chi connectivity index (χ1n) is 10.7. The summed E-state index contributed by atoms with van der Waals surface area (Å²) in [6.07, 6.45) is -2.78. The van der Waals surface area contributed by atoms with E-state index in [4.69, 9.17) is 14.5 Å². The van der Waals surface area contributed by atoms with E-state index in [0.717, 1.165) is 0 Å². The number of halogens is 2. The van der Waals surface area contributed by atoms with Crippen molar-refractivity contribution >= 4 is 22.9 Å². The van der Waals surface area contributed by atoms with Crippen LogP contribution >= 0.6 is 0 Å². The fourth-order valence-electron chi connectivity index (χ4n) is 4.06. The summed E-state index contributed by atoms with van der Waals surface area (Å²) in [6.45, 7) is 7.48. The Bertz CT molecular complexity index is 1100. The summed E-state index contributed by atoms with van der Waals surface area (Å²) in [5, 5.41) is 0. The van der Waals surface area contributed by atoms with Gasteiger partial charge in [-0.15, -0.1) is 0 Å². The second-order valence-electron chi connectivity index (χ2n) is 8.07. The van der Waals surface area contributed by atoms with E-state index >= 15 is 0 Å². The number of nitrogens with zero attached hydrogens (tertiary/aromatic N) is 7. The highest BCUT2D eigenvalue weighted by Crippen LogP contribution is 2.29. The van der Waals surface area contributed by atoms with Gasteiger partial charge in [0.2, 0.25) is 17.8 Å². The standard InChI is InChI=1S/C21H25F2N7O2/c1-13-12-32-14(2)11-29(13)20-25-19(28-7-9-31-10-8-28)26-21(27-20)30-16-6-4-3-5-15(16)24-18(30)17(22)23/h3-6,13-14,17H,7-12H2,1-2H3. The number of benzene rings is 1. The average Bonchev–Trinajstić information content (AvgIpc) is 3.21. The molecule has 170 valence electrons. The Morgan fingerprint density at radius 3 is 2.47 bits per heavy atom. The van der Waals surface area contributed by atoms with Crippen molar-refractivity contribution in [1.82, 2.24) is 24.5 Å². The molecule has 0 amide bonds. The Labute approximate surface area is 184 Å². The van der Waals surface area contributed by atoms with Crippen molar-refractivity contribution in [2.75, 3.05) is 49.3 Å². The number of fused-ring (bicyclic) bond motifs is 1. The summed E-state index contributed by atoms with van der Waals surface area (Å²) in [5.41, 5.74) is 0.988. The minimum Gasteiger partial charge on any atom is -0.378 e. The molecule has 9 nitrogen and oxygen atoms in total. The second-order valence-corrected chi connectivity index (χ2v) is 8.07. The lowest BCUT2D eigenvalue weighted by Crippen LogP contribution is -2.48. The largest absolute Gasteiger partial charge is 0.378 e. The van der Waals surface area contributed by atoms with Crippen LogP contribution in [0.2, 0.25) is 0 Å². The Morgan fingerprint density at radius 2 is 1.69 bits per heavy atom. The summed E-state index contributed by atoms with van der Waals surface area (Å²) >= 11 is 0. The van der Waals surface area contributed by atoms with Gasteiger partial charge in [-0.25, -0.2) is 13.8 Å². The number of imidazole rings is 1. The van der Waals surface area contributed by atoms with Gasteiger partial charge >= 0.3 is 0 Å². The number of alkyl halides is 2. The SMILES string of the molecule is CC1CN(c2nc(N3CCOCC3)nc(-n3c(C(F)F)nc4ccccc43)n2)C(C)CO1. The van der Waals surface area contributed by atoms with E-state index in [0.29, 0.717) is 62.4 Å². The van der Waals surface area contributed by atoms with Crippen LogP contribution in [0.5, 0.6) is 0 Å². The lowest BCUT2D eigenvalue weighted by Gasteiger charge is -2.37. The molecule has 0 saturated carbocycles. The highest BCUT2D eigenvalue weighted by Gasteiger charge is 2.29. The summed E-state index contributed by atoms with van der Waals surface area (Å²) < 4.78 is 40.5. The first-order valence-corrected chi connectivity index (χ1v) is 10.7. The molecule has 0 bridgehead atoms. The molecule has 0 N–H and O–H groups in total. The third kappa shape index (κ3) is 3.86. The van der Waals surface area contributed by atoms with E-state index in [2.05, 4.69) is 15.0 Å². The van der Waals surface area contributed by atoms with Crippen molar-refractivity contribution < 1.29 is 18.3 Å². The molecule has 2 unspecified atom stereocenters. The average molecular weight is 445 g/mol. The van der Waals surface area contributed by atoms with Gasteiger partial charge in [0.05, 0.1) is 43.0 Å². The van der Waals surface area contributed by atoms with Gasteiger partial charge in [-0.3, -0.25) is 4.57 Å². The smallest absolute Gasteiger partial charge is 0.296 e. The van der Waals surface area contributed by atoms with Crippen LogP contribution in [0.15, 0.2) is 24.3 Å². The van der Waals surface area contributed by atoms with Gasteiger partial charge < -0.3 is 19.3 Å². The highest BCUT2D eigenvalue weighted by atomic mass is 19.3. The Kier molecular flexibility index (Phi) is 5.60. The number of hydrogen-bond donors (Lipinski definition) is 0. The van der Waals surface area contributed by atoms with Crippen molar-refractivity contribution in [2.24, 2.45) is 0 Å². The monoisotopic (exact) mass is 445 g/mol. The molecule has 0 spiro atoms. The molecule has 3 aromatic rings. The molecular formula is C21H25F2N7O2. The molecule has 2 saturated heterocycles. The first kappa shape index (κ1) is 21.0. The van der Waals surface area contributed by atoms with Gasteiger partial charge in [0.1, 0.15) is 0 Å². The van der Waals surface area contributed by atoms with Crippen LogP contribution in [-0.4, -0.2) is 76.1 Å². The minimum absolute atomic E-state index is 0.00366. The zero-order valence-corrected chi connectivity index (χ0v) is 18.0. The molecular weight excluding hydrogens is 420 g/mol. The zero-order valence-electron chi connectivity index (χ0n) is 18.0. The molecule has 0 radical (unpaired) electrons. The van der Waals surface area contributed by atoms with Gasteiger partial charge in [-0.2, -0.15) is 15.0 Å². The number of hydrogen-bond acceptors (Lipinski definition) is 8. The number of morpholine rings is 2. The molecule has 2 aliphatic rings. The van der Waals surface area contributed by atoms with E-state index < -0.39 is 6.43 Å². The summed E-state index contributed by atoms with van der Waals surface area (Å²) in [7, 11) is 0. The molecule has 32 heavy (non-hydrogen) atoms. The third-order valence-electron chi connectivity index (χ3n) is 5.74. The van der Waals surface area contributed by atoms with Crippen LogP contribution in [0, 0.1) is 0 Å². The van der Waals surface area contributed by atoms with Gasteiger partial charge in [-0.1, -0.05) is 12.1 Å². The van der Waals surface area contributed by atoms with Crippen LogP contribution in [0.25, 0.3) is 17.0 Å². The molecule has 1 aromatic carbocycles. The fourth-order valence-corrected chi connectivity index (χ4v) is 4.06. The van der Waals surface area contributed by atoms with E-state index in [1.54, 1.807) is 24.3 Å². The molecule has 4 heterocycles. The molecule has 2 atom stereocenters. The minimum atomic E-state index is -2.78. The van der Waals surface area contributed by atoms with Crippen LogP contribution in [-0.2, 0) is 9.47 Å². The van der Waals surface area contributed by atoms with E-state index in [-0.39, 0.29) is 23.9 Å². The predicted octanol–water partition coefficient (Wildman–Crippen LogP) is 2.60. The quantitative estimate of drug-likeness (QED) is 0.606. The fraction of sp³-hybridized carbons (Fsp3) is 0.524. The van der Waals surface area contributed by atoms with Gasteiger partial charge in [0.25, 0.3) is 6.43 Å². The maximum atomic E-state index is 14.0. The zero-order chi connectivity index (χ0) is 22.2. The molecule has 5 rings (SSSR count). The number of anilines is 2. The maximum Gasteiger partial charge on any atom is 0.296 e.